The molecule has 1 aliphatic heterocycles. The Morgan fingerprint density at radius 3 is 2.65 bits per heavy atom. The summed E-state index contributed by atoms with van der Waals surface area (Å²) in [6.45, 7) is 2.24. The van der Waals surface area contributed by atoms with E-state index in [1.165, 1.54) is 0 Å². The van der Waals surface area contributed by atoms with Crippen LogP contribution in [0.5, 0.6) is 0 Å². The number of hydrogen-bond donors (Lipinski definition) is 1. The van der Waals surface area contributed by atoms with Crippen molar-refractivity contribution in [2.75, 3.05) is 16.8 Å². The van der Waals surface area contributed by atoms with Gasteiger partial charge in [0.05, 0.1) is 0 Å². The van der Waals surface area contributed by atoms with Gasteiger partial charge in [0.15, 0.2) is 0 Å². The average molecular weight is 363 g/mol. The zero-order valence-electron chi connectivity index (χ0n) is 14.2. The van der Waals surface area contributed by atoms with Crippen LogP contribution in [0.2, 0.25) is 0 Å². The molecule has 2 amide bonds. The maximum Gasteiger partial charge on any atom is 0.255 e. The lowest BCUT2D eigenvalue weighted by Gasteiger charge is -2.14. The van der Waals surface area contributed by atoms with E-state index in [4.69, 9.17) is 0 Å². The van der Waals surface area contributed by atoms with Crippen molar-refractivity contribution in [3.05, 3.63) is 65.2 Å². The Labute approximate surface area is 155 Å². The molecule has 0 spiro atoms. The van der Waals surface area contributed by atoms with Gasteiger partial charge in [-0.2, -0.15) is 0 Å². The molecule has 1 N–H and O–H groups in total. The molecule has 2 heterocycles. The first-order valence-electron chi connectivity index (χ1n) is 8.34. The van der Waals surface area contributed by atoms with Gasteiger partial charge < -0.3 is 10.2 Å². The SMILES string of the molecule is CC(=O)N1CCc2cc(C(=O)Nc3ccc(-c4nccs4)cc3)ccc21. The lowest BCUT2D eigenvalue weighted by molar-refractivity contribution is -0.116. The number of nitrogens with zero attached hydrogens (tertiary/aromatic N) is 2. The second-order valence-electron chi connectivity index (χ2n) is 6.13. The van der Waals surface area contributed by atoms with Crippen LogP contribution in [0.3, 0.4) is 0 Å². The number of carbonyl (C=O) groups is 2. The minimum absolute atomic E-state index is 0.0290. The minimum Gasteiger partial charge on any atom is -0.322 e. The second kappa shape index (κ2) is 6.72. The standard InChI is InChI=1S/C20H17N3O2S/c1-13(24)23-10-8-15-12-16(4-7-18(15)23)19(25)22-17-5-2-14(3-6-17)20-21-9-11-26-20/h2-7,9,11-12H,8,10H2,1H3,(H,22,25). The Hall–Kier alpha value is -2.99. The third-order valence-electron chi connectivity index (χ3n) is 4.44. The van der Waals surface area contributed by atoms with Gasteiger partial charge in [0.25, 0.3) is 5.91 Å². The van der Waals surface area contributed by atoms with Crippen LogP contribution in [0.4, 0.5) is 11.4 Å². The molecule has 0 saturated carbocycles. The zero-order valence-corrected chi connectivity index (χ0v) is 15.0. The summed E-state index contributed by atoms with van der Waals surface area (Å²) < 4.78 is 0. The predicted molar refractivity (Wildman–Crippen MR) is 104 cm³/mol. The fourth-order valence-corrected chi connectivity index (χ4v) is 3.78. The first-order valence-corrected chi connectivity index (χ1v) is 9.22. The average Bonchev–Trinajstić information content (AvgIpc) is 3.31. The summed E-state index contributed by atoms with van der Waals surface area (Å²) in [5, 5.41) is 5.81. The highest BCUT2D eigenvalue weighted by molar-refractivity contribution is 7.13. The van der Waals surface area contributed by atoms with Crippen molar-refractivity contribution >= 4 is 34.5 Å². The third-order valence-corrected chi connectivity index (χ3v) is 5.26. The van der Waals surface area contributed by atoms with Crippen molar-refractivity contribution < 1.29 is 9.59 Å². The Balaban J connectivity index is 1.49. The van der Waals surface area contributed by atoms with Gasteiger partial charge in [0.2, 0.25) is 5.91 Å². The molecule has 2 aromatic carbocycles. The molecule has 0 atom stereocenters. The summed E-state index contributed by atoms with van der Waals surface area (Å²) in [5.41, 5.74) is 4.30. The normalized spacial score (nSPS) is 12.7. The van der Waals surface area contributed by atoms with Crippen molar-refractivity contribution in [1.29, 1.82) is 0 Å². The van der Waals surface area contributed by atoms with Crippen LogP contribution in [0.1, 0.15) is 22.8 Å². The van der Waals surface area contributed by atoms with Gasteiger partial charge in [0, 0.05) is 47.5 Å². The highest BCUT2D eigenvalue weighted by Crippen LogP contribution is 2.29. The van der Waals surface area contributed by atoms with Crippen LogP contribution in [0.25, 0.3) is 10.6 Å². The number of carbonyl (C=O) groups excluding carboxylic acids is 2. The zero-order chi connectivity index (χ0) is 18.1. The fourth-order valence-electron chi connectivity index (χ4n) is 3.14. The monoisotopic (exact) mass is 363 g/mol. The summed E-state index contributed by atoms with van der Waals surface area (Å²) in [7, 11) is 0. The van der Waals surface area contributed by atoms with Crippen LogP contribution in [0, 0.1) is 0 Å². The molecular weight excluding hydrogens is 346 g/mol. The van der Waals surface area contributed by atoms with Gasteiger partial charge in [-0.3, -0.25) is 9.59 Å². The van der Waals surface area contributed by atoms with Gasteiger partial charge >= 0.3 is 0 Å². The maximum absolute atomic E-state index is 12.5. The van der Waals surface area contributed by atoms with E-state index in [-0.39, 0.29) is 11.8 Å². The summed E-state index contributed by atoms with van der Waals surface area (Å²) in [6, 6.07) is 13.1. The number of benzene rings is 2. The van der Waals surface area contributed by atoms with Crippen LogP contribution >= 0.6 is 11.3 Å². The van der Waals surface area contributed by atoms with Gasteiger partial charge in [-0.05, 0) is 54.4 Å². The number of amides is 2. The van der Waals surface area contributed by atoms with Gasteiger partial charge in [0.1, 0.15) is 5.01 Å². The molecule has 0 unspecified atom stereocenters. The first kappa shape index (κ1) is 16.5. The van der Waals surface area contributed by atoms with Crippen molar-refractivity contribution in [3.63, 3.8) is 0 Å². The van der Waals surface area contributed by atoms with Crippen LogP contribution in [-0.4, -0.2) is 23.3 Å². The van der Waals surface area contributed by atoms with Crippen LogP contribution < -0.4 is 10.2 Å². The number of rotatable bonds is 3. The molecule has 0 bridgehead atoms. The number of anilines is 2. The van der Waals surface area contributed by atoms with Crippen molar-refractivity contribution in [3.8, 4) is 10.6 Å². The number of aromatic nitrogens is 1. The Morgan fingerprint density at radius 1 is 1.15 bits per heavy atom. The highest BCUT2D eigenvalue weighted by atomic mass is 32.1. The molecule has 0 fully saturated rings. The van der Waals surface area contributed by atoms with Crippen LogP contribution in [0.15, 0.2) is 54.0 Å². The molecule has 4 rings (SSSR count). The van der Waals surface area contributed by atoms with Crippen molar-refractivity contribution in [2.45, 2.75) is 13.3 Å². The Bertz CT molecular complexity index is 965. The molecule has 26 heavy (non-hydrogen) atoms. The minimum atomic E-state index is -0.156. The Kier molecular flexibility index (Phi) is 4.26. The lowest BCUT2D eigenvalue weighted by Crippen LogP contribution is -2.25. The summed E-state index contributed by atoms with van der Waals surface area (Å²) in [6.07, 6.45) is 2.55. The van der Waals surface area contributed by atoms with Gasteiger partial charge in [-0.1, -0.05) is 0 Å². The van der Waals surface area contributed by atoms with Gasteiger partial charge in [-0.15, -0.1) is 11.3 Å². The molecule has 0 aliphatic carbocycles. The second-order valence-corrected chi connectivity index (χ2v) is 7.03. The summed E-state index contributed by atoms with van der Waals surface area (Å²) >= 11 is 1.58. The smallest absolute Gasteiger partial charge is 0.255 e. The van der Waals surface area contributed by atoms with E-state index in [1.807, 2.05) is 41.8 Å². The topological polar surface area (TPSA) is 62.3 Å². The number of fused-ring (bicyclic) bond motifs is 1. The highest BCUT2D eigenvalue weighted by Gasteiger charge is 2.23. The molecule has 5 nitrogen and oxygen atoms in total. The molecule has 1 aliphatic rings. The predicted octanol–water partition coefficient (Wildman–Crippen LogP) is 3.97. The van der Waals surface area contributed by atoms with E-state index >= 15 is 0 Å². The third kappa shape index (κ3) is 3.11. The van der Waals surface area contributed by atoms with E-state index in [0.717, 1.165) is 33.9 Å². The van der Waals surface area contributed by atoms with E-state index in [9.17, 15) is 9.59 Å². The molecule has 3 aromatic rings. The number of nitrogens with one attached hydrogen (secondary N) is 1. The van der Waals surface area contributed by atoms with E-state index < -0.39 is 0 Å². The van der Waals surface area contributed by atoms with E-state index in [0.29, 0.717) is 12.1 Å². The number of hydrogen-bond acceptors (Lipinski definition) is 4. The molecule has 0 saturated heterocycles. The van der Waals surface area contributed by atoms with Gasteiger partial charge in [-0.25, -0.2) is 4.98 Å². The lowest BCUT2D eigenvalue weighted by atomic mass is 10.1. The van der Waals surface area contributed by atoms with Crippen molar-refractivity contribution in [2.24, 2.45) is 0 Å². The molecular formula is C20H17N3O2S. The van der Waals surface area contributed by atoms with E-state index in [2.05, 4.69) is 10.3 Å². The van der Waals surface area contributed by atoms with E-state index in [1.54, 1.807) is 35.4 Å². The molecule has 1 aromatic heterocycles. The first-order chi connectivity index (χ1) is 12.6. The molecule has 0 radical (unpaired) electrons. The number of thiazole rings is 1. The fraction of sp³-hybridized carbons (Fsp3) is 0.150. The molecule has 130 valence electrons. The Morgan fingerprint density at radius 2 is 1.96 bits per heavy atom. The summed E-state index contributed by atoms with van der Waals surface area (Å²) in [4.78, 5) is 30.2. The largest absolute Gasteiger partial charge is 0.322 e. The summed E-state index contributed by atoms with van der Waals surface area (Å²) in [5.74, 6) is -0.127. The quantitative estimate of drug-likeness (QED) is 0.766. The van der Waals surface area contributed by atoms with Crippen LogP contribution in [-0.2, 0) is 11.2 Å². The molecule has 6 heteroatoms. The maximum atomic E-state index is 12.5. The van der Waals surface area contributed by atoms with Crippen molar-refractivity contribution in [1.82, 2.24) is 4.98 Å².